The number of aliphatic hydroxyl groups excluding tert-OH is 1. The number of aromatic nitrogens is 3. The summed E-state index contributed by atoms with van der Waals surface area (Å²) < 4.78 is 6.03. The standard InChI is InChI=1S/C27H31BrN6O3/c1-16-12-18(34-10-8-33(2)9-11-34)14-21-25(16)32-26(31-21)24-20(6-7-29-27(24)36)30-15-22(35)17-4-5-23(37-3)19(28)13-17/h4-7,12-14,22,35H,8-11,15H2,1-3H3,(H,31,32)(H2,29,30,36)/t22-/m0/s1. The summed E-state index contributed by atoms with van der Waals surface area (Å²) in [5.74, 6) is 1.18. The summed E-state index contributed by atoms with van der Waals surface area (Å²) in [7, 11) is 3.74. The second-order valence-electron chi connectivity index (χ2n) is 9.42. The number of aryl methyl sites for hydroxylation is 1. The fraction of sp³-hybridized carbons (Fsp3) is 0.333. The molecule has 0 spiro atoms. The van der Waals surface area contributed by atoms with Crippen molar-refractivity contribution in [1.82, 2.24) is 19.9 Å². The molecule has 4 aromatic rings. The van der Waals surface area contributed by atoms with Crippen LogP contribution >= 0.6 is 15.9 Å². The predicted octanol–water partition coefficient (Wildman–Crippen LogP) is 3.90. The maximum atomic E-state index is 12.9. The summed E-state index contributed by atoms with van der Waals surface area (Å²) in [6, 6.07) is 11.5. The summed E-state index contributed by atoms with van der Waals surface area (Å²) in [6.07, 6.45) is 0.794. The molecule has 4 N–H and O–H groups in total. The van der Waals surface area contributed by atoms with Crippen molar-refractivity contribution in [2.75, 3.05) is 57.1 Å². The summed E-state index contributed by atoms with van der Waals surface area (Å²) >= 11 is 3.46. The molecule has 194 valence electrons. The Bertz CT molecular complexity index is 1480. The summed E-state index contributed by atoms with van der Waals surface area (Å²) in [5, 5.41) is 14.0. The molecular formula is C27H31BrN6O3. The van der Waals surface area contributed by atoms with Crippen molar-refractivity contribution in [2.24, 2.45) is 0 Å². The molecule has 1 fully saturated rings. The summed E-state index contributed by atoms with van der Waals surface area (Å²) in [6.45, 7) is 6.26. The van der Waals surface area contributed by atoms with Gasteiger partial charge in [-0.25, -0.2) is 4.98 Å². The Labute approximate surface area is 223 Å². The van der Waals surface area contributed by atoms with Crippen LogP contribution in [0.1, 0.15) is 17.2 Å². The number of nitrogens with one attached hydrogen (secondary N) is 3. The highest BCUT2D eigenvalue weighted by molar-refractivity contribution is 9.10. The van der Waals surface area contributed by atoms with E-state index in [1.54, 1.807) is 25.4 Å². The fourth-order valence-electron chi connectivity index (χ4n) is 4.71. The van der Waals surface area contributed by atoms with Crippen LogP contribution in [-0.2, 0) is 0 Å². The molecule has 2 aromatic heterocycles. The molecule has 0 bridgehead atoms. The number of nitrogens with zero attached hydrogens (tertiary/aromatic N) is 3. The minimum absolute atomic E-state index is 0.210. The number of rotatable bonds is 7. The molecule has 9 nitrogen and oxygen atoms in total. The predicted molar refractivity (Wildman–Crippen MR) is 151 cm³/mol. The van der Waals surface area contributed by atoms with Crippen LogP contribution in [0.2, 0.25) is 0 Å². The molecule has 0 unspecified atom stereocenters. The minimum atomic E-state index is -0.793. The monoisotopic (exact) mass is 566 g/mol. The minimum Gasteiger partial charge on any atom is -0.496 e. The van der Waals surface area contributed by atoms with E-state index in [4.69, 9.17) is 9.72 Å². The van der Waals surface area contributed by atoms with Gasteiger partial charge in [-0.2, -0.15) is 0 Å². The van der Waals surface area contributed by atoms with Gasteiger partial charge in [0.25, 0.3) is 5.56 Å². The Kier molecular flexibility index (Phi) is 7.23. The van der Waals surface area contributed by atoms with Gasteiger partial charge in [-0.3, -0.25) is 4.79 Å². The first kappa shape index (κ1) is 25.3. The number of methoxy groups -OCH3 is 1. The molecule has 5 rings (SSSR count). The van der Waals surface area contributed by atoms with Gasteiger partial charge in [0, 0.05) is 44.6 Å². The van der Waals surface area contributed by atoms with Crippen LogP contribution in [0.25, 0.3) is 22.4 Å². The van der Waals surface area contributed by atoms with E-state index in [0.717, 1.165) is 58.5 Å². The smallest absolute Gasteiger partial charge is 0.261 e. The number of aliphatic hydroxyl groups is 1. The van der Waals surface area contributed by atoms with Gasteiger partial charge in [0.1, 0.15) is 17.1 Å². The highest BCUT2D eigenvalue weighted by atomic mass is 79.9. The molecule has 10 heteroatoms. The van der Waals surface area contributed by atoms with E-state index in [0.29, 0.717) is 22.8 Å². The molecule has 0 radical (unpaired) electrons. The van der Waals surface area contributed by atoms with E-state index in [-0.39, 0.29) is 12.1 Å². The first-order chi connectivity index (χ1) is 17.8. The number of aromatic amines is 2. The number of likely N-dealkylation sites (N-methyl/N-ethyl adjacent to an activating group) is 1. The second kappa shape index (κ2) is 10.6. The van der Waals surface area contributed by atoms with E-state index in [1.807, 2.05) is 19.1 Å². The molecule has 1 aliphatic rings. The number of H-pyrrole nitrogens is 2. The van der Waals surface area contributed by atoms with Crippen LogP contribution in [-0.4, -0.2) is 71.8 Å². The van der Waals surface area contributed by atoms with Crippen LogP contribution in [0.5, 0.6) is 5.75 Å². The van der Waals surface area contributed by atoms with Crippen LogP contribution < -0.4 is 20.5 Å². The van der Waals surface area contributed by atoms with Crippen LogP contribution in [0.4, 0.5) is 11.4 Å². The van der Waals surface area contributed by atoms with Crippen LogP contribution in [0.3, 0.4) is 0 Å². The van der Waals surface area contributed by atoms with Crippen molar-refractivity contribution in [3.05, 3.63) is 68.5 Å². The van der Waals surface area contributed by atoms with E-state index < -0.39 is 6.10 Å². The molecule has 37 heavy (non-hydrogen) atoms. The Balaban J connectivity index is 1.42. The lowest BCUT2D eigenvalue weighted by Crippen LogP contribution is -2.44. The van der Waals surface area contributed by atoms with Gasteiger partial charge >= 0.3 is 0 Å². The van der Waals surface area contributed by atoms with Crippen molar-refractivity contribution in [3.63, 3.8) is 0 Å². The second-order valence-corrected chi connectivity index (χ2v) is 10.3. The third-order valence-corrected chi connectivity index (χ3v) is 7.49. The molecule has 3 heterocycles. The number of hydrogen-bond donors (Lipinski definition) is 4. The van der Waals surface area contributed by atoms with Crippen molar-refractivity contribution < 1.29 is 9.84 Å². The first-order valence-corrected chi connectivity index (χ1v) is 13.0. The first-order valence-electron chi connectivity index (χ1n) is 12.3. The third kappa shape index (κ3) is 5.22. The van der Waals surface area contributed by atoms with Crippen LogP contribution in [0, 0.1) is 6.92 Å². The number of benzene rings is 2. The van der Waals surface area contributed by atoms with E-state index in [9.17, 15) is 9.90 Å². The maximum absolute atomic E-state index is 12.9. The SMILES string of the molecule is COc1ccc([C@@H](O)CNc2cc[nH]c(=O)c2-c2nc3c(C)cc(N4CCN(C)CC4)cc3[nH]2)cc1Br. The van der Waals surface area contributed by atoms with Gasteiger partial charge in [-0.05, 0) is 71.4 Å². The third-order valence-electron chi connectivity index (χ3n) is 6.87. The van der Waals surface area contributed by atoms with E-state index in [2.05, 4.69) is 60.2 Å². The fourth-order valence-corrected chi connectivity index (χ4v) is 5.27. The van der Waals surface area contributed by atoms with Crippen molar-refractivity contribution in [2.45, 2.75) is 13.0 Å². The molecular weight excluding hydrogens is 536 g/mol. The molecule has 2 aromatic carbocycles. The van der Waals surface area contributed by atoms with Gasteiger partial charge in [0.05, 0.1) is 34.4 Å². The van der Waals surface area contributed by atoms with Gasteiger partial charge in [-0.15, -0.1) is 0 Å². The van der Waals surface area contributed by atoms with Gasteiger partial charge in [0.2, 0.25) is 0 Å². The van der Waals surface area contributed by atoms with Gasteiger partial charge < -0.3 is 34.9 Å². The summed E-state index contributed by atoms with van der Waals surface area (Å²) in [4.78, 5) is 28.6. The lowest BCUT2D eigenvalue weighted by Gasteiger charge is -2.34. The van der Waals surface area contributed by atoms with E-state index in [1.165, 1.54) is 0 Å². The number of pyridine rings is 1. The van der Waals surface area contributed by atoms with Crippen molar-refractivity contribution in [1.29, 1.82) is 0 Å². The molecule has 0 saturated carbocycles. The highest BCUT2D eigenvalue weighted by Gasteiger charge is 2.19. The number of anilines is 2. The summed E-state index contributed by atoms with van der Waals surface area (Å²) in [5.41, 5.74) is 5.39. The number of piperazine rings is 1. The molecule has 0 amide bonds. The lowest BCUT2D eigenvalue weighted by molar-refractivity contribution is 0.191. The zero-order valence-corrected chi connectivity index (χ0v) is 22.7. The molecule has 1 aliphatic heterocycles. The van der Waals surface area contributed by atoms with Crippen molar-refractivity contribution >= 4 is 38.3 Å². The normalized spacial score (nSPS) is 15.2. The zero-order valence-electron chi connectivity index (χ0n) is 21.1. The number of hydrogen-bond acceptors (Lipinski definition) is 7. The Morgan fingerprint density at radius 1 is 1.19 bits per heavy atom. The lowest BCUT2D eigenvalue weighted by atomic mass is 10.1. The zero-order chi connectivity index (χ0) is 26.1. The number of fused-ring (bicyclic) bond motifs is 1. The Morgan fingerprint density at radius 2 is 1.97 bits per heavy atom. The molecule has 0 aliphatic carbocycles. The average Bonchev–Trinajstić information content (AvgIpc) is 3.32. The molecule has 1 atom stereocenters. The van der Waals surface area contributed by atoms with E-state index >= 15 is 0 Å². The highest BCUT2D eigenvalue weighted by Crippen LogP contribution is 2.31. The van der Waals surface area contributed by atoms with Gasteiger partial charge in [-0.1, -0.05) is 6.07 Å². The van der Waals surface area contributed by atoms with Gasteiger partial charge in [0.15, 0.2) is 0 Å². The molecule has 1 saturated heterocycles. The Morgan fingerprint density at radius 3 is 2.70 bits per heavy atom. The average molecular weight is 567 g/mol. The quantitative estimate of drug-likeness (QED) is 0.268. The maximum Gasteiger partial charge on any atom is 0.261 e. The van der Waals surface area contributed by atoms with Crippen molar-refractivity contribution in [3.8, 4) is 17.1 Å². The number of halogens is 1. The topological polar surface area (TPSA) is 110 Å². The number of imidazole rings is 1. The largest absolute Gasteiger partial charge is 0.496 e. The van der Waals surface area contributed by atoms with Crippen LogP contribution in [0.15, 0.2) is 51.9 Å². The Hall–Kier alpha value is -3.34. The number of ether oxygens (including phenoxy) is 1.